The Bertz CT molecular complexity index is 326. The SMILES string of the molecule is NCc1ncnc(C2CCCO2)c1F. The molecule has 0 spiro atoms. The van der Waals surface area contributed by atoms with Crippen LogP contribution in [0, 0.1) is 5.82 Å². The van der Waals surface area contributed by atoms with Crippen molar-refractivity contribution in [1.82, 2.24) is 9.97 Å². The molecule has 5 heteroatoms. The number of aromatic nitrogens is 2. The minimum Gasteiger partial charge on any atom is -0.372 e. The molecule has 1 aromatic rings. The zero-order chi connectivity index (χ0) is 9.97. The smallest absolute Gasteiger partial charge is 0.170 e. The third kappa shape index (κ3) is 1.60. The van der Waals surface area contributed by atoms with Crippen LogP contribution in [0.15, 0.2) is 6.33 Å². The predicted octanol–water partition coefficient (Wildman–Crippen LogP) is 0.926. The summed E-state index contributed by atoms with van der Waals surface area (Å²) in [6, 6.07) is 0. The maximum absolute atomic E-state index is 13.6. The van der Waals surface area contributed by atoms with E-state index in [4.69, 9.17) is 10.5 Å². The molecule has 0 aliphatic carbocycles. The van der Waals surface area contributed by atoms with E-state index in [0.29, 0.717) is 12.3 Å². The van der Waals surface area contributed by atoms with Crippen molar-refractivity contribution in [1.29, 1.82) is 0 Å². The molecule has 2 heterocycles. The molecule has 2 N–H and O–H groups in total. The average Bonchev–Trinajstić information content (AvgIpc) is 2.71. The lowest BCUT2D eigenvalue weighted by molar-refractivity contribution is 0.105. The predicted molar refractivity (Wildman–Crippen MR) is 47.8 cm³/mol. The number of nitrogens with zero attached hydrogens (tertiary/aromatic N) is 2. The fraction of sp³-hybridized carbons (Fsp3) is 0.556. The van der Waals surface area contributed by atoms with E-state index >= 15 is 0 Å². The van der Waals surface area contributed by atoms with E-state index in [-0.39, 0.29) is 18.3 Å². The molecule has 2 rings (SSSR count). The maximum atomic E-state index is 13.6. The van der Waals surface area contributed by atoms with Gasteiger partial charge >= 0.3 is 0 Å². The molecule has 4 nitrogen and oxygen atoms in total. The van der Waals surface area contributed by atoms with Gasteiger partial charge in [0, 0.05) is 13.2 Å². The average molecular weight is 197 g/mol. The van der Waals surface area contributed by atoms with Crippen LogP contribution in [0.5, 0.6) is 0 Å². The van der Waals surface area contributed by atoms with Crippen molar-refractivity contribution in [2.24, 2.45) is 5.73 Å². The third-order valence-electron chi connectivity index (χ3n) is 2.32. The first-order valence-electron chi connectivity index (χ1n) is 4.64. The van der Waals surface area contributed by atoms with E-state index in [1.54, 1.807) is 0 Å². The Hall–Kier alpha value is -1.07. The normalized spacial score (nSPS) is 21.4. The second-order valence-corrected chi connectivity index (χ2v) is 3.23. The molecule has 1 aliphatic rings. The standard InChI is InChI=1S/C9H12FN3O/c10-8-6(4-11)12-5-13-9(8)7-2-1-3-14-7/h5,7H,1-4,11H2. The van der Waals surface area contributed by atoms with Crippen LogP contribution in [-0.2, 0) is 11.3 Å². The second kappa shape index (κ2) is 3.98. The van der Waals surface area contributed by atoms with Gasteiger partial charge in [-0.1, -0.05) is 0 Å². The van der Waals surface area contributed by atoms with Gasteiger partial charge in [0.05, 0.1) is 5.69 Å². The molecule has 76 valence electrons. The molecule has 0 saturated carbocycles. The second-order valence-electron chi connectivity index (χ2n) is 3.23. The van der Waals surface area contributed by atoms with Crippen LogP contribution >= 0.6 is 0 Å². The monoisotopic (exact) mass is 197 g/mol. The first kappa shape index (κ1) is 9.48. The van der Waals surface area contributed by atoms with Gasteiger partial charge in [-0.25, -0.2) is 14.4 Å². The first-order chi connectivity index (χ1) is 6.83. The van der Waals surface area contributed by atoms with Gasteiger partial charge in [0.2, 0.25) is 0 Å². The quantitative estimate of drug-likeness (QED) is 0.766. The molecule has 1 fully saturated rings. The molecule has 0 aromatic carbocycles. The van der Waals surface area contributed by atoms with Crippen molar-refractivity contribution in [3.63, 3.8) is 0 Å². The molecule has 14 heavy (non-hydrogen) atoms. The number of hydrogen-bond acceptors (Lipinski definition) is 4. The largest absolute Gasteiger partial charge is 0.372 e. The lowest BCUT2D eigenvalue weighted by Crippen LogP contribution is -2.10. The highest BCUT2D eigenvalue weighted by Crippen LogP contribution is 2.28. The van der Waals surface area contributed by atoms with Crippen molar-refractivity contribution in [2.45, 2.75) is 25.5 Å². The van der Waals surface area contributed by atoms with E-state index in [1.165, 1.54) is 6.33 Å². The van der Waals surface area contributed by atoms with Gasteiger partial charge < -0.3 is 10.5 Å². The number of ether oxygens (including phenoxy) is 1. The van der Waals surface area contributed by atoms with Crippen LogP contribution in [-0.4, -0.2) is 16.6 Å². The minimum atomic E-state index is -0.415. The lowest BCUT2D eigenvalue weighted by atomic mass is 10.1. The summed E-state index contributed by atoms with van der Waals surface area (Å²) in [5.41, 5.74) is 5.95. The topological polar surface area (TPSA) is 61.0 Å². The van der Waals surface area contributed by atoms with Gasteiger partial charge in [-0.15, -0.1) is 0 Å². The van der Waals surface area contributed by atoms with Crippen LogP contribution in [0.4, 0.5) is 4.39 Å². The number of halogens is 1. The Labute approximate surface area is 81.3 Å². The van der Waals surface area contributed by atoms with E-state index in [9.17, 15) is 4.39 Å². The number of hydrogen-bond donors (Lipinski definition) is 1. The Morgan fingerprint density at radius 1 is 1.57 bits per heavy atom. The summed E-state index contributed by atoms with van der Waals surface area (Å²) >= 11 is 0. The van der Waals surface area contributed by atoms with Crippen LogP contribution < -0.4 is 5.73 Å². The molecule has 0 radical (unpaired) electrons. The first-order valence-corrected chi connectivity index (χ1v) is 4.64. The maximum Gasteiger partial charge on any atom is 0.170 e. The summed E-state index contributed by atoms with van der Waals surface area (Å²) in [7, 11) is 0. The molecule has 1 saturated heterocycles. The fourth-order valence-corrected chi connectivity index (χ4v) is 1.58. The van der Waals surface area contributed by atoms with Gasteiger partial charge in [-0.3, -0.25) is 0 Å². The Morgan fingerprint density at radius 3 is 3.07 bits per heavy atom. The lowest BCUT2D eigenvalue weighted by Gasteiger charge is -2.10. The Morgan fingerprint density at radius 2 is 2.43 bits per heavy atom. The zero-order valence-corrected chi connectivity index (χ0v) is 7.74. The fourth-order valence-electron chi connectivity index (χ4n) is 1.58. The summed E-state index contributed by atoms with van der Waals surface area (Å²) in [5.74, 6) is -0.415. The van der Waals surface area contributed by atoms with Gasteiger partial charge in [0.25, 0.3) is 0 Å². The van der Waals surface area contributed by atoms with Gasteiger partial charge in [0.1, 0.15) is 18.1 Å². The zero-order valence-electron chi connectivity index (χ0n) is 7.74. The van der Waals surface area contributed by atoms with Crippen molar-refractivity contribution in [2.75, 3.05) is 6.61 Å². The van der Waals surface area contributed by atoms with E-state index < -0.39 is 5.82 Å². The molecule has 0 amide bonds. The van der Waals surface area contributed by atoms with E-state index in [1.807, 2.05) is 0 Å². The van der Waals surface area contributed by atoms with Crippen LogP contribution in [0.1, 0.15) is 30.3 Å². The molecule has 0 bridgehead atoms. The van der Waals surface area contributed by atoms with Crippen LogP contribution in [0.3, 0.4) is 0 Å². The molecule has 1 aliphatic heterocycles. The third-order valence-corrected chi connectivity index (χ3v) is 2.32. The van der Waals surface area contributed by atoms with Crippen molar-refractivity contribution >= 4 is 0 Å². The molecule has 1 aromatic heterocycles. The van der Waals surface area contributed by atoms with Crippen molar-refractivity contribution < 1.29 is 9.13 Å². The summed E-state index contributed by atoms with van der Waals surface area (Å²) in [4.78, 5) is 7.66. The summed E-state index contributed by atoms with van der Waals surface area (Å²) in [6.07, 6.45) is 2.88. The Balaban J connectivity index is 2.32. The van der Waals surface area contributed by atoms with E-state index in [2.05, 4.69) is 9.97 Å². The van der Waals surface area contributed by atoms with Crippen LogP contribution in [0.25, 0.3) is 0 Å². The van der Waals surface area contributed by atoms with Gasteiger partial charge in [0.15, 0.2) is 5.82 Å². The number of nitrogens with two attached hydrogens (primary N) is 1. The molecule has 1 atom stereocenters. The van der Waals surface area contributed by atoms with Gasteiger partial charge in [-0.2, -0.15) is 0 Å². The van der Waals surface area contributed by atoms with Crippen LogP contribution in [0.2, 0.25) is 0 Å². The summed E-state index contributed by atoms with van der Waals surface area (Å²) in [6.45, 7) is 0.764. The molecular formula is C9H12FN3O. The number of rotatable bonds is 2. The summed E-state index contributed by atoms with van der Waals surface area (Å²) in [5, 5.41) is 0. The molecule has 1 unspecified atom stereocenters. The van der Waals surface area contributed by atoms with Gasteiger partial charge in [-0.05, 0) is 12.8 Å². The highest BCUT2D eigenvalue weighted by molar-refractivity contribution is 5.14. The highest BCUT2D eigenvalue weighted by Gasteiger charge is 2.23. The Kier molecular flexibility index (Phi) is 2.69. The van der Waals surface area contributed by atoms with Crippen molar-refractivity contribution in [3.05, 3.63) is 23.5 Å². The molecular weight excluding hydrogens is 185 g/mol. The summed E-state index contributed by atoms with van der Waals surface area (Å²) < 4.78 is 19.0. The highest BCUT2D eigenvalue weighted by atomic mass is 19.1. The van der Waals surface area contributed by atoms with Crippen molar-refractivity contribution in [3.8, 4) is 0 Å². The van der Waals surface area contributed by atoms with E-state index in [0.717, 1.165) is 12.8 Å². The minimum absolute atomic E-state index is 0.0913.